The van der Waals surface area contributed by atoms with E-state index in [-0.39, 0.29) is 0 Å². The van der Waals surface area contributed by atoms with Crippen LogP contribution in [0.25, 0.3) is 22.2 Å². The molecule has 0 spiro atoms. The van der Waals surface area contributed by atoms with Crippen LogP contribution in [0.4, 0.5) is 4.48 Å². The Morgan fingerprint density at radius 2 is 1.94 bits per heavy atom. The van der Waals surface area contributed by atoms with E-state index in [0.29, 0.717) is 16.0 Å². The quantitative estimate of drug-likeness (QED) is 0.604. The second-order valence-corrected chi connectivity index (χ2v) is 3.61. The number of benzene rings is 1. The van der Waals surface area contributed by atoms with Gasteiger partial charge in [-0.15, -0.1) is 0 Å². The van der Waals surface area contributed by atoms with E-state index in [1.54, 1.807) is 24.5 Å². The van der Waals surface area contributed by atoms with E-state index < -0.39 is 0 Å². The normalized spacial score (nSPS) is 10.8. The van der Waals surface area contributed by atoms with Crippen molar-refractivity contribution in [2.75, 3.05) is 0 Å². The minimum Gasteiger partial charge on any atom is -0.264 e. The molecular weight excluding hydrogens is 203 g/mol. The number of pyridine rings is 1. The van der Waals surface area contributed by atoms with Gasteiger partial charge < -0.3 is 0 Å². The first-order valence-corrected chi connectivity index (χ1v) is 5.03. The third kappa shape index (κ3) is 1.29. The highest BCUT2D eigenvalue weighted by atomic mass is 19.2. The Balaban J connectivity index is 2.29. The summed E-state index contributed by atoms with van der Waals surface area (Å²) < 4.78 is 14.0. The van der Waals surface area contributed by atoms with Crippen LogP contribution in [0.15, 0.2) is 54.9 Å². The predicted molar refractivity (Wildman–Crippen MR) is 61.7 cm³/mol. The number of halogens is 1. The van der Waals surface area contributed by atoms with Gasteiger partial charge in [-0.2, -0.15) is 4.79 Å². The van der Waals surface area contributed by atoms with Crippen LogP contribution >= 0.6 is 0 Å². The highest BCUT2D eigenvalue weighted by Gasteiger charge is 2.09. The van der Waals surface area contributed by atoms with Gasteiger partial charge in [0, 0.05) is 23.3 Å². The first-order valence-electron chi connectivity index (χ1n) is 5.03. The molecule has 0 atom stereocenters. The lowest BCUT2D eigenvalue weighted by Gasteiger charge is -1.98. The average molecular weight is 212 g/mol. The largest absolute Gasteiger partial charge is 0.264 e. The van der Waals surface area contributed by atoms with Gasteiger partial charge in [0.2, 0.25) is 0 Å². The topological polar surface area (TPSA) is 17.8 Å². The molecule has 1 aromatic carbocycles. The minimum atomic E-state index is 0.536. The van der Waals surface area contributed by atoms with E-state index in [4.69, 9.17) is 0 Å². The van der Waals surface area contributed by atoms with Gasteiger partial charge in [-0.1, -0.05) is 22.7 Å². The molecule has 0 aliphatic carbocycles. The summed E-state index contributed by atoms with van der Waals surface area (Å²) in [5.41, 5.74) is 1.90. The van der Waals surface area contributed by atoms with Crippen LogP contribution in [0.3, 0.4) is 0 Å². The fraction of sp³-hybridized carbons (Fsp3) is 0. The Morgan fingerprint density at radius 3 is 2.69 bits per heavy atom. The van der Waals surface area contributed by atoms with E-state index >= 15 is 0 Å². The molecule has 78 valence electrons. The molecule has 16 heavy (non-hydrogen) atoms. The molecule has 0 unspecified atom stereocenters. The molecule has 0 saturated carbocycles. The summed E-state index contributed by atoms with van der Waals surface area (Å²) in [5, 5.41) is 0.892. The third-order valence-corrected chi connectivity index (χ3v) is 2.61. The van der Waals surface area contributed by atoms with Crippen LogP contribution in [0.2, 0.25) is 0 Å². The first-order chi connectivity index (χ1) is 7.86. The molecule has 3 aromatic rings. The van der Waals surface area contributed by atoms with E-state index in [9.17, 15) is 4.48 Å². The number of para-hydroxylation sites is 1. The number of aromatic nitrogens is 2. The van der Waals surface area contributed by atoms with Crippen molar-refractivity contribution in [3.8, 4) is 11.3 Å². The smallest absolute Gasteiger partial charge is 0.0841 e. The zero-order chi connectivity index (χ0) is 11.0. The van der Waals surface area contributed by atoms with Crippen LogP contribution in [0.5, 0.6) is 0 Å². The van der Waals surface area contributed by atoms with Gasteiger partial charge in [-0.05, 0) is 24.3 Å². The van der Waals surface area contributed by atoms with E-state index in [0.717, 1.165) is 10.9 Å². The molecule has 0 N–H and O–H groups in total. The summed E-state index contributed by atoms with van der Waals surface area (Å²) in [7, 11) is 0. The molecule has 0 fully saturated rings. The summed E-state index contributed by atoms with van der Waals surface area (Å²) >= 11 is 0. The van der Waals surface area contributed by atoms with Crippen molar-refractivity contribution in [1.29, 1.82) is 0 Å². The highest BCUT2D eigenvalue weighted by molar-refractivity contribution is 5.86. The molecular formula is C13H9FN2. The van der Waals surface area contributed by atoms with Gasteiger partial charge in [0.05, 0.1) is 11.2 Å². The zero-order valence-electron chi connectivity index (χ0n) is 8.47. The molecule has 2 aromatic heterocycles. The summed E-state index contributed by atoms with van der Waals surface area (Å²) in [5.74, 6) is 0. The molecule has 3 rings (SSSR count). The van der Waals surface area contributed by atoms with Crippen molar-refractivity contribution in [3.05, 3.63) is 54.9 Å². The van der Waals surface area contributed by atoms with E-state index in [2.05, 4.69) is 4.98 Å². The molecule has 0 radical (unpaired) electrons. The number of nitrogens with zero attached hydrogens (tertiary/aromatic N) is 2. The van der Waals surface area contributed by atoms with Gasteiger partial charge >= 0.3 is 0 Å². The van der Waals surface area contributed by atoms with Gasteiger partial charge in [0.1, 0.15) is 0 Å². The lowest BCUT2D eigenvalue weighted by atomic mass is 10.2. The molecule has 3 heteroatoms. The summed E-state index contributed by atoms with van der Waals surface area (Å²) in [6.45, 7) is 0. The van der Waals surface area contributed by atoms with Crippen LogP contribution < -0.4 is 0 Å². The molecule has 0 saturated heterocycles. The molecule has 0 aliphatic rings. The number of hydrogen-bond acceptors (Lipinski definition) is 1. The summed E-state index contributed by atoms with van der Waals surface area (Å²) in [6, 6.07) is 12.8. The van der Waals surface area contributed by atoms with Gasteiger partial charge in [-0.25, -0.2) is 0 Å². The van der Waals surface area contributed by atoms with E-state index in [1.165, 1.54) is 0 Å². The fourth-order valence-corrected chi connectivity index (χ4v) is 1.83. The van der Waals surface area contributed by atoms with Crippen LogP contribution in [-0.2, 0) is 0 Å². The second kappa shape index (κ2) is 3.45. The maximum absolute atomic E-state index is 14.0. The number of fused-ring (bicyclic) bond motifs is 1. The first kappa shape index (κ1) is 9.09. The second-order valence-electron chi connectivity index (χ2n) is 3.61. The number of hydrogen-bond donors (Lipinski definition) is 0. The molecule has 2 heterocycles. The standard InChI is InChI=1S/C13H9FN2/c14-16-12-6-2-1-4-10(12)8-13(16)11-5-3-7-15-9-11/h1-9H. The molecule has 0 bridgehead atoms. The van der Waals surface area contributed by atoms with Crippen molar-refractivity contribution < 1.29 is 4.48 Å². The minimum absolute atomic E-state index is 0.536. The Kier molecular flexibility index (Phi) is 1.96. The van der Waals surface area contributed by atoms with Crippen molar-refractivity contribution in [1.82, 2.24) is 9.77 Å². The maximum atomic E-state index is 14.0. The SMILES string of the molecule is Fn1c(-c2cccnc2)cc2ccccc21. The number of rotatable bonds is 1. The van der Waals surface area contributed by atoms with E-state index in [1.807, 2.05) is 30.3 Å². The van der Waals surface area contributed by atoms with Crippen LogP contribution in [0, 0.1) is 0 Å². The zero-order valence-corrected chi connectivity index (χ0v) is 8.47. The van der Waals surface area contributed by atoms with Crippen LogP contribution in [0.1, 0.15) is 0 Å². The fourth-order valence-electron chi connectivity index (χ4n) is 1.83. The van der Waals surface area contributed by atoms with Crippen molar-refractivity contribution in [3.63, 3.8) is 0 Å². The Labute approximate surface area is 91.9 Å². The lowest BCUT2D eigenvalue weighted by Crippen LogP contribution is -1.86. The maximum Gasteiger partial charge on any atom is 0.0841 e. The van der Waals surface area contributed by atoms with Crippen molar-refractivity contribution >= 4 is 10.9 Å². The Bertz CT molecular complexity index is 629. The molecule has 0 amide bonds. The van der Waals surface area contributed by atoms with Crippen molar-refractivity contribution in [2.24, 2.45) is 0 Å². The summed E-state index contributed by atoms with van der Waals surface area (Å²) in [6.07, 6.45) is 3.33. The van der Waals surface area contributed by atoms with Crippen molar-refractivity contribution in [2.45, 2.75) is 0 Å². The van der Waals surface area contributed by atoms with Gasteiger partial charge in [0.25, 0.3) is 0 Å². The lowest BCUT2D eigenvalue weighted by molar-refractivity contribution is 0.394. The Morgan fingerprint density at radius 1 is 1.06 bits per heavy atom. The monoisotopic (exact) mass is 212 g/mol. The predicted octanol–water partition coefficient (Wildman–Crippen LogP) is 3.44. The Hall–Kier alpha value is -2.16. The van der Waals surface area contributed by atoms with Gasteiger partial charge in [0.15, 0.2) is 0 Å². The van der Waals surface area contributed by atoms with Crippen LogP contribution in [-0.4, -0.2) is 9.77 Å². The summed E-state index contributed by atoms with van der Waals surface area (Å²) in [4.78, 5) is 4.69. The molecule has 0 aliphatic heterocycles. The molecule has 2 nitrogen and oxygen atoms in total. The average Bonchev–Trinajstić information content (AvgIpc) is 2.69. The van der Waals surface area contributed by atoms with Gasteiger partial charge in [-0.3, -0.25) is 4.98 Å². The third-order valence-electron chi connectivity index (χ3n) is 2.61. The highest BCUT2D eigenvalue weighted by Crippen LogP contribution is 2.27.